The predicted octanol–water partition coefficient (Wildman–Crippen LogP) is 4.09. The number of rotatable bonds is 3. The van der Waals surface area contributed by atoms with E-state index < -0.39 is 0 Å². The molecule has 4 heteroatoms. The highest BCUT2D eigenvalue weighted by molar-refractivity contribution is 5.84. The molecule has 0 amide bonds. The fourth-order valence-corrected chi connectivity index (χ4v) is 4.31. The fourth-order valence-electron chi connectivity index (χ4n) is 4.31. The normalized spacial score (nSPS) is 25.8. The molecule has 128 valence electrons. The number of H-pyrrole nitrogens is 1. The van der Waals surface area contributed by atoms with Crippen LogP contribution in [0.4, 0.5) is 0 Å². The lowest BCUT2D eigenvalue weighted by Gasteiger charge is -2.42. The van der Waals surface area contributed by atoms with E-state index in [2.05, 4.69) is 45.2 Å². The van der Waals surface area contributed by atoms with Gasteiger partial charge in [-0.2, -0.15) is 0 Å². The molecule has 1 N–H and O–H groups in total. The minimum absolute atomic E-state index is 0.325. The van der Waals surface area contributed by atoms with Gasteiger partial charge in [0.25, 0.3) is 0 Å². The van der Waals surface area contributed by atoms with Gasteiger partial charge in [0.15, 0.2) is 0 Å². The maximum absolute atomic E-state index is 6.25. The molecule has 1 aromatic carbocycles. The highest BCUT2D eigenvalue weighted by Gasteiger charge is 2.33. The molecule has 2 bridgehead atoms. The zero-order valence-electron chi connectivity index (χ0n) is 14.3. The molecule has 3 unspecified atom stereocenters. The molecule has 2 saturated heterocycles. The second-order valence-electron chi connectivity index (χ2n) is 7.31. The number of hydrogen-bond donors (Lipinski definition) is 1. The van der Waals surface area contributed by atoms with Gasteiger partial charge in [0, 0.05) is 48.5 Å². The van der Waals surface area contributed by atoms with Crippen molar-refractivity contribution in [2.75, 3.05) is 19.6 Å². The van der Waals surface area contributed by atoms with Crippen LogP contribution in [0.1, 0.15) is 19.3 Å². The predicted molar refractivity (Wildman–Crippen MR) is 99.7 cm³/mol. The van der Waals surface area contributed by atoms with Crippen molar-refractivity contribution in [2.45, 2.75) is 25.4 Å². The van der Waals surface area contributed by atoms with Gasteiger partial charge in [-0.1, -0.05) is 6.07 Å². The first kappa shape index (κ1) is 15.0. The van der Waals surface area contributed by atoms with Gasteiger partial charge in [0.1, 0.15) is 6.10 Å². The minimum atomic E-state index is 0.325. The molecule has 4 heterocycles. The van der Waals surface area contributed by atoms with Crippen LogP contribution in [0.3, 0.4) is 0 Å². The maximum atomic E-state index is 6.25. The van der Waals surface area contributed by atoms with Crippen molar-refractivity contribution in [3.63, 3.8) is 0 Å². The molecular weight excluding hydrogens is 310 g/mol. The molecule has 0 saturated carbocycles. The van der Waals surface area contributed by atoms with Gasteiger partial charge in [0.2, 0.25) is 5.88 Å². The van der Waals surface area contributed by atoms with Crippen molar-refractivity contribution in [2.24, 2.45) is 5.92 Å². The molecule has 0 spiro atoms. The molecule has 2 aliphatic heterocycles. The van der Waals surface area contributed by atoms with Crippen LogP contribution in [0.15, 0.2) is 48.8 Å². The van der Waals surface area contributed by atoms with Crippen LogP contribution >= 0.6 is 0 Å². The van der Waals surface area contributed by atoms with Crippen LogP contribution in [0.2, 0.25) is 0 Å². The molecule has 2 aromatic heterocycles. The Kier molecular flexibility index (Phi) is 3.71. The van der Waals surface area contributed by atoms with E-state index in [0.29, 0.717) is 12.0 Å². The average molecular weight is 333 g/mol. The Balaban J connectivity index is 1.32. The fraction of sp³-hybridized carbons (Fsp3) is 0.381. The number of piperidine rings is 2. The number of benzene rings is 1. The number of nitrogens with zero attached hydrogens (tertiary/aromatic N) is 2. The first-order chi connectivity index (χ1) is 12.3. The Hall–Kier alpha value is -2.33. The molecular formula is C21H23N3O. The minimum Gasteiger partial charge on any atom is -0.474 e. The average Bonchev–Trinajstić information content (AvgIpc) is 3.13. The molecule has 0 aliphatic carbocycles. The first-order valence-corrected chi connectivity index (χ1v) is 9.28. The van der Waals surface area contributed by atoms with E-state index in [4.69, 9.17) is 4.74 Å². The molecule has 2 aliphatic rings. The van der Waals surface area contributed by atoms with E-state index in [1.165, 1.54) is 36.9 Å². The van der Waals surface area contributed by atoms with Crippen LogP contribution < -0.4 is 4.74 Å². The van der Waals surface area contributed by atoms with Gasteiger partial charge in [0.05, 0.1) is 0 Å². The summed E-state index contributed by atoms with van der Waals surface area (Å²) >= 11 is 0. The van der Waals surface area contributed by atoms with E-state index in [0.717, 1.165) is 29.9 Å². The third kappa shape index (κ3) is 2.91. The summed E-state index contributed by atoms with van der Waals surface area (Å²) in [5, 5.41) is 1.22. The smallest absolute Gasteiger partial charge is 0.213 e. The summed E-state index contributed by atoms with van der Waals surface area (Å²) in [6, 6.07) is 12.7. The quantitative estimate of drug-likeness (QED) is 0.785. The molecule has 4 nitrogen and oxygen atoms in total. The topological polar surface area (TPSA) is 41.1 Å². The number of nitrogens with one attached hydrogen (secondary N) is 1. The number of ether oxygens (including phenoxy) is 1. The van der Waals surface area contributed by atoms with Crippen molar-refractivity contribution in [1.29, 1.82) is 0 Å². The summed E-state index contributed by atoms with van der Waals surface area (Å²) < 4.78 is 6.25. The van der Waals surface area contributed by atoms with Gasteiger partial charge in [-0.15, -0.1) is 0 Å². The highest BCUT2D eigenvalue weighted by Crippen LogP contribution is 2.30. The zero-order valence-corrected chi connectivity index (χ0v) is 14.3. The van der Waals surface area contributed by atoms with Gasteiger partial charge < -0.3 is 14.6 Å². The third-order valence-electron chi connectivity index (χ3n) is 5.69. The van der Waals surface area contributed by atoms with Crippen molar-refractivity contribution in [3.05, 3.63) is 48.8 Å². The summed E-state index contributed by atoms with van der Waals surface area (Å²) in [6.45, 7) is 3.62. The van der Waals surface area contributed by atoms with Crippen LogP contribution in [0.25, 0.3) is 22.0 Å². The first-order valence-electron chi connectivity index (χ1n) is 9.28. The summed E-state index contributed by atoms with van der Waals surface area (Å²) in [6.07, 6.45) is 7.94. The lowest BCUT2D eigenvalue weighted by Crippen LogP contribution is -2.49. The largest absolute Gasteiger partial charge is 0.474 e. The summed E-state index contributed by atoms with van der Waals surface area (Å²) in [4.78, 5) is 10.4. The Labute approximate surface area is 147 Å². The van der Waals surface area contributed by atoms with Gasteiger partial charge in [-0.25, -0.2) is 4.98 Å². The van der Waals surface area contributed by atoms with E-state index in [1.807, 2.05) is 18.5 Å². The molecule has 3 aromatic rings. The number of aromatic nitrogens is 2. The van der Waals surface area contributed by atoms with Crippen LogP contribution in [-0.2, 0) is 0 Å². The molecule has 2 fully saturated rings. The van der Waals surface area contributed by atoms with Crippen molar-refractivity contribution in [1.82, 2.24) is 14.9 Å². The number of fused-ring (bicyclic) bond motifs is 3. The standard InChI is InChI=1S/C21H23N3O/c1-2-18-14-24(10-1)11-8-20(18)25-21-6-4-17(13-23-21)15-3-5-19-16(12-15)7-9-22-19/h3-7,9,12-13,18,20,22H,1-2,8,10-11,14H2. The molecule has 3 atom stereocenters. The Bertz CT molecular complexity index is 870. The second kappa shape index (κ2) is 6.19. The van der Waals surface area contributed by atoms with Crippen LogP contribution in [0.5, 0.6) is 5.88 Å². The van der Waals surface area contributed by atoms with E-state index in [-0.39, 0.29) is 0 Å². The zero-order chi connectivity index (χ0) is 16.6. The lowest BCUT2D eigenvalue weighted by molar-refractivity contribution is 0.0128. The van der Waals surface area contributed by atoms with Crippen molar-refractivity contribution in [3.8, 4) is 17.0 Å². The maximum Gasteiger partial charge on any atom is 0.213 e. The van der Waals surface area contributed by atoms with Crippen LogP contribution in [0, 0.1) is 5.92 Å². The van der Waals surface area contributed by atoms with Crippen LogP contribution in [-0.4, -0.2) is 40.6 Å². The van der Waals surface area contributed by atoms with Crippen molar-refractivity contribution >= 4 is 10.9 Å². The number of hydrogen-bond acceptors (Lipinski definition) is 3. The highest BCUT2D eigenvalue weighted by atomic mass is 16.5. The third-order valence-corrected chi connectivity index (χ3v) is 5.69. The van der Waals surface area contributed by atoms with Crippen molar-refractivity contribution < 1.29 is 4.74 Å². The Morgan fingerprint density at radius 3 is 2.92 bits per heavy atom. The summed E-state index contributed by atoms with van der Waals surface area (Å²) in [5.41, 5.74) is 3.48. The van der Waals surface area contributed by atoms with E-state index in [1.54, 1.807) is 0 Å². The Morgan fingerprint density at radius 1 is 1.04 bits per heavy atom. The van der Waals surface area contributed by atoms with E-state index in [9.17, 15) is 0 Å². The second-order valence-corrected chi connectivity index (χ2v) is 7.31. The SMILES string of the molecule is c1cc2cc(-c3ccc(OC4CCN5CCCC4C5)nc3)ccc2[nH]1. The van der Waals surface area contributed by atoms with Gasteiger partial charge in [-0.3, -0.25) is 0 Å². The summed E-state index contributed by atoms with van der Waals surface area (Å²) in [5.74, 6) is 1.43. The van der Waals surface area contributed by atoms with Gasteiger partial charge >= 0.3 is 0 Å². The number of aromatic amines is 1. The summed E-state index contributed by atoms with van der Waals surface area (Å²) in [7, 11) is 0. The monoisotopic (exact) mass is 333 g/mol. The number of pyridine rings is 1. The Morgan fingerprint density at radius 2 is 2.00 bits per heavy atom. The molecule has 5 rings (SSSR count). The lowest BCUT2D eigenvalue weighted by atomic mass is 9.87. The van der Waals surface area contributed by atoms with Gasteiger partial charge in [-0.05, 0) is 61.0 Å². The molecule has 25 heavy (non-hydrogen) atoms. The van der Waals surface area contributed by atoms with E-state index >= 15 is 0 Å². The molecule has 0 radical (unpaired) electrons.